The fourth-order valence-corrected chi connectivity index (χ4v) is 2.23. The van der Waals surface area contributed by atoms with Gasteiger partial charge in [0.15, 0.2) is 0 Å². The molecule has 120 valence electrons. The molecule has 1 saturated heterocycles. The zero-order chi connectivity index (χ0) is 16.5. The molecule has 0 spiro atoms. The molecule has 0 bridgehead atoms. The maximum atomic E-state index is 14.2. The van der Waals surface area contributed by atoms with Gasteiger partial charge in [0.2, 0.25) is 0 Å². The number of methoxy groups -OCH3 is 1. The Kier molecular flexibility index (Phi) is 4.63. The molecule has 0 aliphatic carbocycles. The van der Waals surface area contributed by atoms with Crippen LogP contribution in [0.25, 0.3) is 0 Å². The van der Waals surface area contributed by atoms with Gasteiger partial charge in [0.05, 0.1) is 18.3 Å². The predicted molar refractivity (Wildman–Crippen MR) is 82.5 cm³/mol. The summed E-state index contributed by atoms with van der Waals surface area (Å²) >= 11 is 0. The van der Waals surface area contributed by atoms with Gasteiger partial charge >= 0.3 is 13.1 Å². The normalized spacial score (nSPS) is 19.3. The van der Waals surface area contributed by atoms with E-state index in [4.69, 9.17) is 9.31 Å². The first kappa shape index (κ1) is 17.0. The first-order chi connectivity index (χ1) is 10.2. The second-order valence-electron chi connectivity index (χ2n) is 6.52. The molecule has 0 radical (unpaired) electrons. The van der Waals surface area contributed by atoms with Crippen LogP contribution < -0.4 is 5.46 Å². The third-order valence-corrected chi connectivity index (χ3v) is 4.43. The predicted octanol–water partition coefficient (Wildman–Crippen LogP) is 2.23. The fourth-order valence-electron chi connectivity index (χ4n) is 2.23. The van der Waals surface area contributed by atoms with Crippen LogP contribution in [-0.4, -0.2) is 31.4 Å². The molecule has 6 heteroatoms. The van der Waals surface area contributed by atoms with Gasteiger partial charge in [0, 0.05) is 6.42 Å². The SMILES string of the molecule is COC(=O)CCc1ccc(B2OC(C)(C)C(C)(C)O2)cc1F. The van der Waals surface area contributed by atoms with Crippen LogP contribution in [0.1, 0.15) is 39.7 Å². The molecule has 0 unspecified atom stereocenters. The minimum Gasteiger partial charge on any atom is -0.469 e. The molecule has 4 nitrogen and oxygen atoms in total. The summed E-state index contributed by atoms with van der Waals surface area (Å²) in [6.45, 7) is 7.81. The largest absolute Gasteiger partial charge is 0.494 e. The average molecular weight is 308 g/mol. The lowest BCUT2D eigenvalue weighted by molar-refractivity contribution is -0.140. The molecule has 1 aromatic rings. The maximum Gasteiger partial charge on any atom is 0.494 e. The lowest BCUT2D eigenvalue weighted by atomic mass is 9.78. The highest BCUT2D eigenvalue weighted by molar-refractivity contribution is 6.62. The Morgan fingerprint density at radius 3 is 2.32 bits per heavy atom. The summed E-state index contributed by atoms with van der Waals surface area (Å²) in [5.74, 6) is -0.717. The van der Waals surface area contributed by atoms with Crippen LogP contribution in [0.15, 0.2) is 18.2 Å². The van der Waals surface area contributed by atoms with Gasteiger partial charge < -0.3 is 14.0 Å². The molecule has 0 saturated carbocycles. The summed E-state index contributed by atoms with van der Waals surface area (Å²) < 4.78 is 30.5. The molecular formula is C16H22BFO4. The standard InChI is InChI=1S/C16H22BFO4/c1-15(2)16(3,4)22-17(21-15)12-8-6-11(13(18)10-12)7-9-14(19)20-5/h6,8,10H,7,9H2,1-5H3. The first-order valence-electron chi connectivity index (χ1n) is 7.37. The highest BCUT2D eigenvalue weighted by Gasteiger charge is 2.51. The van der Waals surface area contributed by atoms with Gasteiger partial charge in [-0.25, -0.2) is 4.39 Å². The zero-order valence-electron chi connectivity index (χ0n) is 13.7. The second-order valence-corrected chi connectivity index (χ2v) is 6.52. The molecule has 1 aromatic carbocycles. The minimum atomic E-state index is -0.589. The van der Waals surface area contributed by atoms with Gasteiger partial charge in [-0.3, -0.25) is 4.79 Å². The Morgan fingerprint density at radius 1 is 1.23 bits per heavy atom. The van der Waals surface area contributed by atoms with E-state index in [9.17, 15) is 9.18 Å². The molecule has 1 heterocycles. The number of rotatable bonds is 4. The van der Waals surface area contributed by atoms with Gasteiger partial charge in [0.1, 0.15) is 5.82 Å². The van der Waals surface area contributed by atoms with E-state index in [1.165, 1.54) is 13.2 Å². The molecule has 0 atom stereocenters. The number of halogens is 1. The molecule has 1 fully saturated rings. The van der Waals surface area contributed by atoms with Crippen LogP contribution in [-0.2, 0) is 25.3 Å². The van der Waals surface area contributed by atoms with Gasteiger partial charge in [-0.2, -0.15) is 0 Å². The molecule has 1 aliphatic heterocycles. The number of carbonyl (C=O) groups is 1. The minimum absolute atomic E-state index is 0.156. The number of ether oxygens (including phenoxy) is 1. The third-order valence-electron chi connectivity index (χ3n) is 4.43. The lowest BCUT2D eigenvalue weighted by Gasteiger charge is -2.32. The van der Waals surface area contributed by atoms with E-state index in [0.29, 0.717) is 17.4 Å². The van der Waals surface area contributed by atoms with Crippen molar-refractivity contribution in [3.63, 3.8) is 0 Å². The van der Waals surface area contributed by atoms with Crippen molar-refractivity contribution < 1.29 is 23.2 Å². The van der Waals surface area contributed by atoms with Gasteiger partial charge in [0.25, 0.3) is 0 Å². The van der Waals surface area contributed by atoms with E-state index >= 15 is 0 Å². The van der Waals surface area contributed by atoms with E-state index in [2.05, 4.69) is 4.74 Å². The number of esters is 1. The van der Waals surface area contributed by atoms with Gasteiger partial charge in [-0.15, -0.1) is 0 Å². The number of hydrogen-bond donors (Lipinski definition) is 0. The number of aryl methyl sites for hydroxylation is 1. The zero-order valence-corrected chi connectivity index (χ0v) is 13.7. The molecule has 22 heavy (non-hydrogen) atoms. The van der Waals surface area contributed by atoms with Crippen LogP contribution in [0.2, 0.25) is 0 Å². The van der Waals surface area contributed by atoms with E-state index in [1.54, 1.807) is 12.1 Å². The van der Waals surface area contributed by atoms with Crippen molar-refractivity contribution >= 4 is 18.6 Å². The second kappa shape index (κ2) is 6.01. The Morgan fingerprint density at radius 2 is 1.82 bits per heavy atom. The Labute approximate surface area is 131 Å². The smallest absolute Gasteiger partial charge is 0.469 e. The van der Waals surface area contributed by atoms with Crippen molar-refractivity contribution in [2.24, 2.45) is 0 Å². The van der Waals surface area contributed by atoms with Crippen molar-refractivity contribution in [2.75, 3.05) is 7.11 Å². The highest BCUT2D eigenvalue weighted by atomic mass is 19.1. The number of carbonyl (C=O) groups excluding carboxylic acids is 1. The van der Waals surface area contributed by atoms with Gasteiger partial charge in [-0.05, 0) is 51.2 Å². The lowest BCUT2D eigenvalue weighted by Crippen LogP contribution is -2.41. The Bertz CT molecular complexity index is 555. The Balaban J connectivity index is 2.12. The summed E-state index contributed by atoms with van der Waals surface area (Å²) in [5, 5.41) is 0. The highest BCUT2D eigenvalue weighted by Crippen LogP contribution is 2.36. The molecule has 0 N–H and O–H groups in total. The maximum absolute atomic E-state index is 14.2. The van der Waals surface area contributed by atoms with E-state index in [0.717, 1.165) is 0 Å². The summed E-state index contributed by atoms with van der Waals surface area (Å²) in [5.41, 5.74) is 0.193. The Hall–Kier alpha value is -1.40. The molecule has 0 aromatic heterocycles. The van der Waals surface area contributed by atoms with Crippen LogP contribution in [0.4, 0.5) is 4.39 Å². The van der Waals surface area contributed by atoms with E-state index in [-0.39, 0.29) is 18.2 Å². The van der Waals surface area contributed by atoms with Crippen LogP contribution >= 0.6 is 0 Å². The van der Waals surface area contributed by atoms with Crippen LogP contribution in [0, 0.1) is 5.82 Å². The first-order valence-corrected chi connectivity index (χ1v) is 7.37. The number of hydrogen-bond acceptors (Lipinski definition) is 4. The third kappa shape index (κ3) is 3.33. The van der Waals surface area contributed by atoms with E-state index < -0.39 is 18.3 Å². The molecule has 1 aliphatic rings. The molecule has 2 rings (SSSR count). The van der Waals surface area contributed by atoms with Crippen molar-refractivity contribution in [1.29, 1.82) is 0 Å². The molecule has 0 amide bonds. The molecular weight excluding hydrogens is 286 g/mol. The number of benzene rings is 1. The van der Waals surface area contributed by atoms with Crippen molar-refractivity contribution in [2.45, 2.75) is 51.7 Å². The van der Waals surface area contributed by atoms with Crippen molar-refractivity contribution in [3.8, 4) is 0 Å². The van der Waals surface area contributed by atoms with Crippen molar-refractivity contribution in [3.05, 3.63) is 29.6 Å². The van der Waals surface area contributed by atoms with Crippen LogP contribution in [0.3, 0.4) is 0 Å². The topological polar surface area (TPSA) is 44.8 Å². The summed E-state index contributed by atoms with van der Waals surface area (Å²) in [7, 11) is 0.731. The summed E-state index contributed by atoms with van der Waals surface area (Å²) in [6, 6.07) is 4.85. The van der Waals surface area contributed by atoms with Crippen LogP contribution in [0.5, 0.6) is 0 Å². The quantitative estimate of drug-likeness (QED) is 0.632. The summed E-state index contributed by atoms with van der Waals surface area (Å²) in [6.07, 6.45) is 0.464. The van der Waals surface area contributed by atoms with E-state index in [1.807, 2.05) is 27.7 Å². The fraction of sp³-hybridized carbons (Fsp3) is 0.562. The average Bonchev–Trinajstić information content (AvgIpc) is 2.65. The monoisotopic (exact) mass is 308 g/mol. The van der Waals surface area contributed by atoms with Crippen molar-refractivity contribution in [1.82, 2.24) is 0 Å². The summed E-state index contributed by atoms with van der Waals surface area (Å²) in [4.78, 5) is 11.1. The van der Waals surface area contributed by atoms with Gasteiger partial charge in [-0.1, -0.05) is 12.1 Å².